The Labute approximate surface area is 101 Å². The predicted octanol–water partition coefficient (Wildman–Crippen LogP) is 2.30. The van der Waals surface area contributed by atoms with E-state index in [4.69, 9.17) is 4.74 Å². The minimum atomic E-state index is -3.42. The van der Waals surface area contributed by atoms with Crippen LogP contribution < -0.4 is 0 Å². The Kier molecular flexibility index (Phi) is 2.38. The average molecular weight is 250 g/mol. The highest BCUT2D eigenvalue weighted by Crippen LogP contribution is 2.49. The predicted molar refractivity (Wildman–Crippen MR) is 64.2 cm³/mol. The van der Waals surface area contributed by atoms with Crippen molar-refractivity contribution >= 4 is 9.84 Å². The zero-order valence-electron chi connectivity index (χ0n) is 9.37. The van der Waals surface area contributed by atoms with Gasteiger partial charge in [0.15, 0.2) is 0 Å². The number of fused-ring (bicyclic) bond motifs is 1. The number of rotatable bonds is 2. The highest BCUT2D eigenvalue weighted by Gasteiger charge is 2.64. The van der Waals surface area contributed by atoms with Crippen molar-refractivity contribution in [2.75, 3.05) is 0 Å². The van der Waals surface area contributed by atoms with Gasteiger partial charge in [-0.15, -0.1) is 0 Å². The molecule has 0 N–H and O–H groups in total. The maximum absolute atomic E-state index is 12.5. The molecule has 1 saturated heterocycles. The molecule has 1 aliphatic carbocycles. The van der Waals surface area contributed by atoms with Gasteiger partial charge >= 0.3 is 0 Å². The molecule has 1 heterocycles. The quantitative estimate of drug-likeness (QED) is 0.597. The van der Waals surface area contributed by atoms with Crippen LogP contribution in [0.25, 0.3) is 0 Å². The zero-order valence-corrected chi connectivity index (χ0v) is 10.2. The van der Waals surface area contributed by atoms with Crippen molar-refractivity contribution in [2.24, 2.45) is 0 Å². The van der Waals surface area contributed by atoms with E-state index in [9.17, 15) is 8.42 Å². The van der Waals surface area contributed by atoms with Crippen LogP contribution in [0.4, 0.5) is 0 Å². The van der Waals surface area contributed by atoms with Crippen molar-refractivity contribution in [3.05, 3.63) is 42.5 Å². The van der Waals surface area contributed by atoms with E-state index in [1.807, 2.05) is 12.1 Å². The smallest absolute Gasteiger partial charge is 0.218 e. The molecule has 90 valence electrons. The Morgan fingerprint density at radius 3 is 2.76 bits per heavy atom. The van der Waals surface area contributed by atoms with Gasteiger partial charge < -0.3 is 4.74 Å². The van der Waals surface area contributed by atoms with E-state index < -0.39 is 14.8 Å². The van der Waals surface area contributed by atoms with Crippen LogP contribution in [-0.2, 0) is 14.6 Å². The van der Waals surface area contributed by atoms with Gasteiger partial charge in [-0.2, -0.15) is 0 Å². The number of epoxide rings is 1. The molecular weight excluding hydrogens is 236 g/mol. The summed E-state index contributed by atoms with van der Waals surface area (Å²) >= 11 is 0. The molecule has 0 saturated carbocycles. The van der Waals surface area contributed by atoms with Crippen molar-refractivity contribution in [1.29, 1.82) is 0 Å². The summed E-state index contributed by atoms with van der Waals surface area (Å²) in [6.07, 6.45) is 6.24. The van der Waals surface area contributed by atoms with E-state index in [0.29, 0.717) is 4.90 Å². The minimum Gasteiger partial charge on any atom is -0.345 e. The van der Waals surface area contributed by atoms with Crippen LogP contribution in [0.3, 0.4) is 0 Å². The van der Waals surface area contributed by atoms with E-state index in [1.54, 1.807) is 30.3 Å². The van der Waals surface area contributed by atoms with Crippen LogP contribution in [0.15, 0.2) is 47.4 Å². The third kappa shape index (κ3) is 1.55. The fourth-order valence-electron chi connectivity index (χ4n) is 2.37. The summed E-state index contributed by atoms with van der Waals surface area (Å²) in [6, 6.07) is 8.54. The molecule has 1 fully saturated rings. The summed E-state index contributed by atoms with van der Waals surface area (Å²) < 4.78 is 30.5. The summed E-state index contributed by atoms with van der Waals surface area (Å²) in [4.78, 5) is -0.737. The zero-order chi connectivity index (χ0) is 11.9. The van der Waals surface area contributed by atoms with Gasteiger partial charge in [-0.3, -0.25) is 0 Å². The van der Waals surface area contributed by atoms with Gasteiger partial charge in [-0.1, -0.05) is 24.3 Å². The van der Waals surface area contributed by atoms with Crippen molar-refractivity contribution in [3.8, 4) is 0 Å². The van der Waals surface area contributed by atoms with Gasteiger partial charge in [-0.25, -0.2) is 8.42 Å². The van der Waals surface area contributed by atoms with Crippen LogP contribution in [0, 0.1) is 0 Å². The molecule has 1 aromatic carbocycles. The number of hydrogen-bond acceptors (Lipinski definition) is 3. The van der Waals surface area contributed by atoms with E-state index in [0.717, 1.165) is 19.3 Å². The molecule has 0 aromatic heterocycles. The molecule has 0 spiro atoms. The lowest BCUT2D eigenvalue weighted by Gasteiger charge is -2.09. The highest BCUT2D eigenvalue weighted by molar-refractivity contribution is 7.93. The molecule has 2 unspecified atom stereocenters. The molecule has 3 rings (SSSR count). The van der Waals surface area contributed by atoms with E-state index in [1.165, 1.54) is 0 Å². The van der Waals surface area contributed by atoms with Crippen LogP contribution in [0.1, 0.15) is 19.3 Å². The fraction of sp³-hybridized carbons (Fsp3) is 0.385. The molecule has 1 aliphatic heterocycles. The molecule has 1 aromatic rings. The Bertz CT molecular complexity index is 547. The van der Waals surface area contributed by atoms with Crippen molar-refractivity contribution in [2.45, 2.75) is 35.2 Å². The lowest BCUT2D eigenvalue weighted by atomic mass is 10.2. The second-order valence-electron chi connectivity index (χ2n) is 4.48. The van der Waals surface area contributed by atoms with Crippen molar-refractivity contribution in [3.63, 3.8) is 0 Å². The number of ether oxygens (including phenoxy) is 1. The molecule has 0 amide bonds. The lowest BCUT2D eigenvalue weighted by molar-refractivity contribution is 0.355. The van der Waals surface area contributed by atoms with E-state index in [-0.39, 0.29) is 6.10 Å². The Morgan fingerprint density at radius 2 is 2.00 bits per heavy atom. The Balaban J connectivity index is 2.05. The first-order chi connectivity index (χ1) is 8.17. The van der Waals surface area contributed by atoms with Gasteiger partial charge in [0.1, 0.15) is 6.10 Å². The summed E-state index contributed by atoms with van der Waals surface area (Å²) in [5.74, 6) is 0. The highest BCUT2D eigenvalue weighted by atomic mass is 32.2. The Hall–Kier alpha value is -1.13. The monoisotopic (exact) mass is 250 g/mol. The first-order valence-corrected chi connectivity index (χ1v) is 7.30. The summed E-state index contributed by atoms with van der Waals surface area (Å²) in [7, 11) is -3.42. The van der Waals surface area contributed by atoms with Gasteiger partial charge in [0.05, 0.1) is 4.90 Å². The molecule has 2 aliphatic rings. The molecule has 0 radical (unpaired) electrons. The standard InChI is InChI=1S/C13H14O3S/c14-17(15,11-7-3-1-4-8-11)13-10-6-2-5-9-12(13)16-13/h1,3-4,6-8,10,12H,2,5,9H2. The number of sulfone groups is 1. The maximum atomic E-state index is 12.5. The molecule has 3 nitrogen and oxygen atoms in total. The SMILES string of the molecule is O=S(=O)(c1ccccc1)C12C=CCCCC1O2. The molecule has 17 heavy (non-hydrogen) atoms. The second kappa shape index (κ2) is 3.68. The van der Waals surface area contributed by atoms with Crippen LogP contribution in [-0.4, -0.2) is 19.5 Å². The fourth-order valence-corrected chi connectivity index (χ4v) is 4.24. The Morgan fingerprint density at radius 1 is 1.24 bits per heavy atom. The number of allylic oxidation sites excluding steroid dienone is 1. The number of hydrogen-bond donors (Lipinski definition) is 0. The molecule has 4 heteroatoms. The molecule has 0 bridgehead atoms. The summed E-state index contributed by atoms with van der Waals surface area (Å²) in [5.41, 5.74) is 0. The molecule has 2 atom stereocenters. The topological polar surface area (TPSA) is 46.7 Å². The van der Waals surface area contributed by atoms with E-state index in [2.05, 4.69) is 0 Å². The van der Waals surface area contributed by atoms with Crippen molar-refractivity contribution in [1.82, 2.24) is 0 Å². The largest absolute Gasteiger partial charge is 0.345 e. The summed E-state index contributed by atoms with van der Waals surface area (Å²) in [5, 5.41) is 0. The van der Waals surface area contributed by atoms with Crippen molar-refractivity contribution < 1.29 is 13.2 Å². The normalized spacial score (nSPS) is 31.6. The van der Waals surface area contributed by atoms with Crippen LogP contribution in [0.2, 0.25) is 0 Å². The van der Waals surface area contributed by atoms with Gasteiger partial charge in [-0.05, 0) is 37.5 Å². The van der Waals surface area contributed by atoms with Crippen LogP contribution in [0.5, 0.6) is 0 Å². The second-order valence-corrected chi connectivity index (χ2v) is 6.59. The maximum Gasteiger partial charge on any atom is 0.218 e. The van der Waals surface area contributed by atoms with Gasteiger partial charge in [0.25, 0.3) is 0 Å². The van der Waals surface area contributed by atoms with Crippen LogP contribution >= 0.6 is 0 Å². The molecular formula is C13H14O3S. The van der Waals surface area contributed by atoms with E-state index >= 15 is 0 Å². The number of benzene rings is 1. The average Bonchev–Trinajstić information content (AvgIpc) is 3.05. The minimum absolute atomic E-state index is 0.161. The first kappa shape index (κ1) is 11.0. The third-order valence-electron chi connectivity index (χ3n) is 3.38. The lowest BCUT2D eigenvalue weighted by Crippen LogP contribution is -2.25. The summed E-state index contributed by atoms with van der Waals surface area (Å²) in [6.45, 7) is 0. The van der Waals surface area contributed by atoms with Gasteiger partial charge in [0, 0.05) is 0 Å². The van der Waals surface area contributed by atoms with Gasteiger partial charge in [0.2, 0.25) is 14.8 Å². The third-order valence-corrected chi connectivity index (χ3v) is 5.61. The first-order valence-electron chi connectivity index (χ1n) is 5.82.